The van der Waals surface area contributed by atoms with Gasteiger partial charge in [0.2, 0.25) is 0 Å². The molecule has 0 bridgehead atoms. The Labute approximate surface area is 198 Å². The van der Waals surface area contributed by atoms with E-state index >= 15 is 0 Å². The van der Waals surface area contributed by atoms with Gasteiger partial charge in [0, 0.05) is 26.2 Å². The van der Waals surface area contributed by atoms with E-state index in [2.05, 4.69) is 10.5 Å². The van der Waals surface area contributed by atoms with E-state index in [9.17, 15) is 4.79 Å². The first-order chi connectivity index (χ1) is 14.3. The first kappa shape index (κ1) is 22.7. The molecule has 0 atom stereocenters. The number of benzene rings is 3. The van der Waals surface area contributed by atoms with Crippen LogP contribution >= 0.6 is 58.0 Å². The minimum atomic E-state index is -0.375. The van der Waals surface area contributed by atoms with Crippen LogP contribution in [0, 0.1) is 0 Å². The third-order valence-corrected chi connectivity index (χ3v) is 5.29. The number of carbonyl (C=O) groups is 1. The Hall–Kier alpha value is -1.95. The van der Waals surface area contributed by atoms with Crippen LogP contribution in [0.25, 0.3) is 0 Å². The molecular formula is C21H13Cl5N2O2. The fraction of sp³-hybridized carbons (Fsp3) is 0.0476. The van der Waals surface area contributed by atoms with Crippen LogP contribution in [0.2, 0.25) is 25.1 Å². The average molecular weight is 503 g/mol. The lowest BCUT2D eigenvalue weighted by Gasteiger charge is -2.12. The molecule has 1 amide bonds. The van der Waals surface area contributed by atoms with Gasteiger partial charge < -0.3 is 4.74 Å². The summed E-state index contributed by atoms with van der Waals surface area (Å²) in [6.07, 6.45) is 1.42. The molecule has 0 saturated heterocycles. The molecule has 3 aromatic carbocycles. The average Bonchev–Trinajstić information content (AvgIpc) is 2.69. The minimum Gasteiger partial charge on any atom is -0.486 e. The lowest BCUT2D eigenvalue weighted by atomic mass is 10.2. The maximum Gasteiger partial charge on any atom is 0.271 e. The van der Waals surface area contributed by atoms with Gasteiger partial charge in [0.25, 0.3) is 5.91 Å². The highest BCUT2D eigenvalue weighted by Gasteiger charge is 2.11. The van der Waals surface area contributed by atoms with Crippen molar-refractivity contribution in [2.75, 3.05) is 0 Å². The molecule has 0 aliphatic heterocycles. The molecule has 0 saturated carbocycles. The lowest BCUT2D eigenvalue weighted by Crippen LogP contribution is -2.17. The number of ether oxygens (including phenoxy) is 1. The third kappa shape index (κ3) is 6.03. The molecule has 0 aliphatic rings. The van der Waals surface area contributed by atoms with Gasteiger partial charge in [0.1, 0.15) is 6.61 Å². The minimum absolute atomic E-state index is 0.167. The maximum absolute atomic E-state index is 12.0. The van der Waals surface area contributed by atoms with Crippen molar-refractivity contribution in [3.05, 3.63) is 96.4 Å². The molecule has 4 nitrogen and oxygen atoms in total. The van der Waals surface area contributed by atoms with E-state index in [1.54, 1.807) is 54.6 Å². The van der Waals surface area contributed by atoms with Crippen molar-refractivity contribution in [2.24, 2.45) is 5.10 Å². The van der Waals surface area contributed by atoms with Gasteiger partial charge in [-0.3, -0.25) is 4.79 Å². The van der Waals surface area contributed by atoms with Crippen LogP contribution in [0.4, 0.5) is 0 Å². The van der Waals surface area contributed by atoms with E-state index in [-0.39, 0.29) is 22.6 Å². The smallest absolute Gasteiger partial charge is 0.271 e. The third-order valence-electron chi connectivity index (χ3n) is 3.89. The van der Waals surface area contributed by atoms with Crippen molar-refractivity contribution >= 4 is 70.1 Å². The van der Waals surface area contributed by atoms with Crippen molar-refractivity contribution in [1.29, 1.82) is 0 Å². The molecule has 9 heteroatoms. The Morgan fingerprint density at radius 1 is 0.867 bits per heavy atom. The van der Waals surface area contributed by atoms with Gasteiger partial charge in [0.05, 0.1) is 16.3 Å². The number of rotatable bonds is 6. The molecule has 0 aromatic heterocycles. The van der Waals surface area contributed by atoms with Crippen molar-refractivity contribution in [3.8, 4) is 5.75 Å². The zero-order valence-electron chi connectivity index (χ0n) is 15.1. The van der Waals surface area contributed by atoms with E-state index in [0.29, 0.717) is 31.9 Å². The molecule has 30 heavy (non-hydrogen) atoms. The first-order valence-corrected chi connectivity index (χ1v) is 10.4. The topological polar surface area (TPSA) is 50.7 Å². The summed E-state index contributed by atoms with van der Waals surface area (Å²) in [5, 5.41) is 6.06. The quantitative estimate of drug-likeness (QED) is 0.284. The van der Waals surface area contributed by atoms with E-state index in [0.717, 1.165) is 5.56 Å². The lowest BCUT2D eigenvalue weighted by molar-refractivity contribution is 0.0955. The number of amides is 1. The van der Waals surface area contributed by atoms with Crippen molar-refractivity contribution in [1.82, 2.24) is 5.43 Å². The standard InChI is InChI=1S/C21H13Cl5N2O2/c22-15-4-1-13(2-5-15)21(29)28-27-10-12-7-18(25)20(19(26)8-12)30-11-14-3-6-16(23)9-17(14)24/h1-10H,11H2,(H,28,29)/b27-10-. The number of nitrogens with zero attached hydrogens (tertiary/aromatic N) is 1. The number of nitrogens with one attached hydrogen (secondary N) is 1. The van der Waals surface area contributed by atoms with Crippen molar-refractivity contribution in [3.63, 3.8) is 0 Å². The molecule has 0 unspecified atom stereocenters. The number of hydrazone groups is 1. The normalized spacial score (nSPS) is 11.0. The summed E-state index contributed by atoms with van der Waals surface area (Å²) in [7, 11) is 0. The van der Waals surface area contributed by atoms with E-state index in [1.807, 2.05) is 0 Å². The zero-order valence-corrected chi connectivity index (χ0v) is 18.9. The number of halogens is 5. The predicted octanol–water partition coefficient (Wildman–Crippen LogP) is 7.30. The van der Waals surface area contributed by atoms with E-state index in [1.165, 1.54) is 6.21 Å². The zero-order chi connectivity index (χ0) is 21.7. The SMILES string of the molecule is O=C(N/N=C\c1cc(Cl)c(OCc2ccc(Cl)cc2Cl)c(Cl)c1)c1ccc(Cl)cc1. The second-order valence-corrected chi connectivity index (χ2v) is 8.14. The maximum atomic E-state index is 12.0. The Morgan fingerprint density at radius 2 is 1.50 bits per heavy atom. The molecule has 1 N–H and O–H groups in total. The molecule has 0 spiro atoms. The van der Waals surface area contributed by atoms with Crippen molar-refractivity contribution < 1.29 is 9.53 Å². The summed E-state index contributed by atoms with van der Waals surface area (Å²) in [6, 6.07) is 14.8. The van der Waals surface area contributed by atoms with Gasteiger partial charge in [-0.05, 0) is 54.1 Å². The van der Waals surface area contributed by atoms with Gasteiger partial charge in [-0.25, -0.2) is 5.43 Å². The highest BCUT2D eigenvalue weighted by Crippen LogP contribution is 2.35. The Morgan fingerprint density at radius 3 is 2.13 bits per heavy atom. The van der Waals surface area contributed by atoms with Gasteiger partial charge in [-0.1, -0.05) is 64.1 Å². The van der Waals surface area contributed by atoms with Gasteiger partial charge in [-0.15, -0.1) is 0 Å². The summed E-state index contributed by atoms with van der Waals surface area (Å²) < 4.78 is 5.72. The van der Waals surface area contributed by atoms with Crippen LogP contribution in [0.1, 0.15) is 21.5 Å². The summed E-state index contributed by atoms with van der Waals surface area (Å²) in [5.41, 5.74) is 4.17. The summed E-state index contributed by atoms with van der Waals surface area (Å²) >= 11 is 30.4. The van der Waals surface area contributed by atoms with Crippen LogP contribution in [-0.4, -0.2) is 12.1 Å². The van der Waals surface area contributed by atoms with Gasteiger partial charge in [0.15, 0.2) is 5.75 Å². The fourth-order valence-electron chi connectivity index (χ4n) is 2.41. The summed E-state index contributed by atoms with van der Waals surface area (Å²) in [4.78, 5) is 12.0. The fourth-order valence-corrected chi connectivity index (χ4v) is 3.61. The van der Waals surface area contributed by atoms with Crippen LogP contribution in [0.5, 0.6) is 5.75 Å². The first-order valence-electron chi connectivity index (χ1n) is 8.48. The molecule has 154 valence electrons. The van der Waals surface area contributed by atoms with Crippen LogP contribution in [0.15, 0.2) is 59.7 Å². The van der Waals surface area contributed by atoms with Gasteiger partial charge >= 0.3 is 0 Å². The number of hydrogen-bond donors (Lipinski definition) is 1. The van der Waals surface area contributed by atoms with E-state index in [4.69, 9.17) is 62.7 Å². The van der Waals surface area contributed by atoms with Gasteiger partial charge in [-0.2, -0.15) is 5.10 Å². The molecular weight excluding hydrogens is 490 g/mol. The summed E-state index contributed by atoms with van der Waals surface area (Å²) in [5.74, 6) is -0.0633. The second-order valence-electron chi connectivity index (χ2n) is 6.04. The highest BCUT2D eigenvalue weighted by molar-refractivity contribution is 6.37. The summed E-state index contributed by atoms with van der Waals surface area (Å²) in [6.45, 7) is 0.167. The Kier molecular flexibility index (Phi) is 7.87. The van der Waals surface area contributed by atoms with Crippen molar-refractivity contribution in [2.45, 2.75) is 6.61 Å². The van der Waals surface area contributed by atoms with Crippen LogP contribution in [0.3, 0.4) is 0 Å². The largest absolute Gasteiger partial charge is 0.486 e. The van der Waals surface area contributed by atoms with Crippen LogP contribution < -0.4 is 10.2 Å². The molecule has 0 heterocycles. The molecule has 0 radical (unpaired) electrons. The Balaban J connectivity index is 1.65. The number of hydrogen-bond acceptors (Lipinski definition) is 3. The predicted molar refractivity (Wildman–Crippen MR) is 124 cm³/mol. The second kappa shape index (κ2) is 10.4. The molecule has 3 rings (SSSR count). The number of carbonyl (C=O) groups excluding carboxylic acids is 1. The highest BCUT2D eigenvalue weighted by atomic mass is 35.5. The monoisotopic (exact) mass is 500 g/mol. The Bertz CT molecular complexity index is 1080. The molecule has 3 aromatic rings. The van der Waals surface area contributed by atoms with E-state index < -0.39 is 0 Å². The molecule has 0 fully saturated rings. The van der Waals surface area contributed by atoms with Crippen LogP contribution in [-0.2, 0) is 6.61 Å². The molecule has 0 aliphatic carbocycles.